The number of halogens is 1. The van der Waals surface area contributed by atoms with Crippen LogP contribution in [0.2, 0.25) is 0 Å². The maximum Gasteiger partial charge on any atom is 0.128 e. The van der Waals surface area contributed by atoms with E-state index in [1.54, 1.807) is 6.07 Å². The summed E-state index contributed by atoms with van der Waals surface area (Å²) in [5, 5.41) is 0. The van der Waals surface area contributed by atoms with Crippen LogP contribution in [0, 0.1) is 17.2 Å². The fourth-order valence-corrected chi connectivity index (χ4v) is 3.29. The molecule has 0 aromatic heterocycles. The number of rotatable bonds is 3. The van der Waals surface area contributed by atoms with Gasteiger partial charge in [0.15, 0.2) is 0 Å². The zero-order chi connectivity index (χ0) is 13.2. The summed E-state index contributed by atoms with van der Waals surface area (Å²) in [6.07, 6.45) is 4.76. The van der Waals surface area contributed by atoms with Crippen LogP contribution in [0.5, 0.6) is 0 Å². The molecule has 2 unspecified atom stereocenters. The molecule has 1 aliphatic rings. The third-order valence-electron chi connectivity index (χ3n) is 4.41. The molecule has 0 aliphatic heterocycles. The summed E-state index contributed by atoms with van der Waals surface area (Å²) < 4.78 is 13.9. The quantitative estimate of drug-likeness (QED) is 0.636. The Bertz CT molecular complexity index is 403. The van der Waals surface area contributed by atoms with Crippen molar-refractivity contribution in [1.29, 1.82) is 0 Å². The largest absolute Gasteiger partial charge is 0.271 e. The van der Waals surface area contributed by atoms with Crippen molar-refractivity contribution in [2.75, 3.05) is 0 Å². The minimum Gasteiger partial charge on any atom is -0.271 e. The van der Waals surface area contributed by atoms with Crippen molar-refractivity contribution in [2.45, 2.75) is 45.6 Å². The summed E-state index contributed by atoms with van der Waals surface area (Å²) >= 11 is 0. The maximum atomic E-state index is 13.9. The van der Waals surface area contributed by atoms with Crippen molar-refractivity contribution in [3.05, 3.63) is 35.6 Å². The lowest BCUT2D eigenvalue weighted by Gasteiger charge is -2.43. The first-order chi connectivity index (χ1) is 8.56. The first-order valence-electron chi connectivity index (χ1n) is 6.77. The summed E-state index contributed by atoms with van der Waals surface area (Å²) in [5.41, 5.74) is 3.74. The van der Waals surface area contributed by atoms with E-state index in [1.165, 1.54) is 25.3 Å². The molecule has 0 amide bonds. The van der Waals surface area contributed by atoms with Crippen molar-refractivity contribution in [2.24, 2.45) is 17.2 Å². The molecule has 100 valence electrons. The van der Waals surface area contributed by atoms with E-state index in [2.05, 4.69) is 19.3 Å². The topological polar surface area (TPSA) is 38.0 Å². The highest BCUT2D eigenvalue weighted by atomic mass is 19.1. The highest BCUT2D eigenvalue weighted by Gasteiger charge is 2.38. The molecule has 1 aromatic carbocycles. The molecule has 1 fully saturated rings. The van der Waals surface area contributed by atoms with Crippen LogP contribution in [0.25, 0.3) is 0 Å². The SMILES string of the molecule is CC1(C)CCCCC1C(NN)c1ccccc1F. The Labute approximate surface area is 109 Å². The molecule has 0 saturated heterocycles. The second kappa shape index (κ2) is 5.37. The van der Waals surface area contributed by atoms with Gasteiger partial charge in [-0.3, -0.25) is 11.3 Å². The van der Waals surface area contributed by atoms with Crippen LogP contribution in [-0.4, -0.2) is 0 Å². The number of benzene rings is 1. The molecule has 2 rings (SSSR count). The molecular weight excluding hydrogens is 227 g/mol. The fourth-order valence-electron chi connectivity index (χ4n) is 3.29. The van der Waals surface area contributed by atoms with Gasteiger partial charge in [0.05, 0.1) is 6.04 Å². The van der Waals surface area contributed by atoms with Crippen LogP contribution >= 0.6 is 0 Å². The first kappa shape index (κ1) is 13.5. The van der Waals surface area contributed by atoms with Crippen LogP contribution < -0.4 is 11.3 Å². The molecule has 0 spiro atoms. The summed E-state index contributed by atoms with van der Waals surface area (Å²) in [5.74, 6) is 5.93. The molecule has 2 atom stereocenters. The van der Waals surface area contributed by atoms with Gasteiger partial charge in [0.25, 0.3) is 0 Å². The van der Waals surface area contributed by atoms with Crippen LogP contribution in [0.4, 0.5) is 4.39 Å². The fraction of sp³-hybridized carbons (Fsp3) is 0.600. The van der Waals surface area contributed by atoms with Crippen molar-refractivity contribution in [3.8, 4) is 0 Å². The van der Waals surface area contributed by atoms with Crippen LogP contribution in [0.15, 0.2) is 24.3 Å². The van der Waals surface area contributed by atoms with E-state index in [4.69, 9.17) is 5.84 Å². The highest BCUT2D eigenvalue weighted by Crippen LogP contribution is 2.46. The first-order valence-corrected chi connectivity index (χ1v) is 6.77. The minimum atomic E-state index is -0.165. The predicted molar refractivity (Wildman–Crippen MR) is 72.2 cm³/mol. The second-order valence-electron chi connectivity index (χ2n) is 6.01. The van der Waals surface area contributed by atoms with E-state index in [9.17, 15) is 4.39 Å². The number of hydrogen-bond donors (Lipinski definition) is 2. The van der Waals surface area contributed by atoms with E-state index in [-0.39, 0.29) is 17.3 Å². The molecule has 2 nitrogen and oxygen atoms in total. The number of nitrogens with two attached hydrogens (primary N) is 1. The van der Waals surface area contributed by atoms with Gasteiger partial charge in [0, 0.05) is 5.56 Å². The monoisotopic (exact) mass is 250 g/mol. The van der Waals surface area contributed by atoms with Crippen molar-refractivity contribution < 1.29 is 4.39 Å². The Morgan fingerprint density at radius 2 is 2.06 bits per heavy atom. The van der Waals surface area contributed by atoms with Crippen LogP contribution in [-0.2, 0) is 0 Å². The van der Waals surface area contributed by atoms with Gasteiger partial charge in [-0.1, -0.05) is 44.9 Å². The second-order valence-corrected chi connectivity index (χ2v) is 6.01. The third-order valence-corrected chi connectivity index (χ3v) is 4.41. The third kappa shape index (κ3) is 2.57. The van der Waals surface area contributed by atoms with Crippen LogP contribution in [0.3, 0.4) is 0 Å². The van der Waals surface area contributed by atoms with E-state index in [0.29, 0.717) is 11.5 Å². The maximum absolute atomic E-state index is 13.9. The lowest BCUT2D eigenvalue weighted by Crippen LogP contribution is -2.42. The van der Waals surface area contributed by atoms with Gasteiger partial charge in [0.2, 0.25) is 0 Å². The molecule has 3 N–H and O–H groups in total. The summed E-state index contributed by atoms with van der Waals surface area (Å²) in [7, 11) is 0. The predicted octanol–water partition coefficient (Wildman–Crippen LogP) is 3.55. The summed E-state index contributed by atoms with van der Waals surface area (Å²) in [6, 6.07) is 6.85. The molecule has 1 aliphatic carbocycles. The average molecular weight is 250 g/mol. The number of hydrogen-bond acceptors (Lipinski definition) is 2. The van der Waals surface area contributed by atoms with Crippen LogP contribution in [0.1, 0.15) is 51.1 Å². The summed E-state index contributed by atoms with van der Waals surface area (Å²) in [4.78, 5) is 0. The molecular formula is C15H23FN2. The standard InChI is InChI=1S/C15H23FN2/c1-15(2)10-6-5-8-12(15)14(18-17)11-7-3-4-9-13(11)16/h3-4,7,9,12,14,18H,5-6,8,10,17H2,1-2H3. The van der Waals surface area contributed by atoms with Gasteiger partial charge >= 0.3 is 0 Å². The molecule has 1 aromatic rings. The van der Waals surface area contributed by atoms with E-state index in [0.717, 1.165) is 6.42 Å². The van der Waals surface area contributed by atoms with Gasteiger partial charge in [-0.2, -0.15) is 0 Å². The average Bonchev–Trinajstić information content (AvgIpc) is 2.34. The zero-order valence-corrected chi connectivity index (χ0v) is 11.2. The van der Waals surface area contributed by atoms with Gasteiger partial charge in [-0.25, -0.2) is 4.39 Å². The Morgan fingerprint density at radius 1 is 1.33 bits per heavy atom. The molecule has 0 bridgehead atoms. The van der Waals surface area contributed by atoms with Gasteiger partial charge in [-0.05, 0) is 30.2 Å². The van der Waals surface area contributed by atoms with E-state index >= 15 is 0 Å². The Morgan fingerprint density at radius 3 is 2.67 bits per heavy atom. The smallest absolute Gasteiger partial charge is 0.128 e. The molecule has 0 radical (unpaired) electrons. The molecule has 3 heteroatoms. The minimum absolute atomic E-state index is 0.0958. The number of nitrogens with one attached hydrogen (secondary N) is 1. The van der Waals surface area contributed by atoms with E-state index < -0.39 is 0 Å². The van der Waals surface area contributed by atoms with Gasteiger partial charge in [-0.15, -0.1) is 0 Å². The molecule has 18 heavy (non-hydrogen) atoms. The summed E-state index contributed by atoms with van der Waals surface area (Å²) in [6.45, 7) is 4.53. The van der Waals surface area contributed by atoms with E-state index in [1.807, 2.05) is 12.1 Å². The Hall–Kier alpha value is -0.930. The van der Waals surface area contributed by atoms with Crippen molar-refractivity contribution >= 4 is 0 Å². The number of hydrazine groups is 1. The van der Waals surface area contributed by atoms with Gasteiger partial charge in [0.1, 0.15) is 5.82 Å². The Balaban J connectivity index is 2.31. The molecule has 0 heterocycles. The molecule has 1 saturated carbocycles. The zero-order valence-electron chi connectivity index (χ0n) is 11.2. The highest BCUT2D eigenvalue weighted by molar-refractivity contribution is 5.22. The lowest BCUT2D eigenvalue weighted by atomic mass is 9.65. The van der Waals surface area contributed by atoms with Crippen molar-refractivity contribution in [1.82, 2.24) is 5.43 Å². The normalized spacial score (nSPS) is 24.8. The lowest BCUT2D eigenvalue weighted by molar-refractivity contribution is 0.0968. The van der Waals surface area contributed by atoms with Gasteiger partial charge < -0.3 is 0 Å². The van der Waals surface area contributed by atoms with Crippen molar-refractivity contribution in [3.63, 3.8) is 0 Å². The Kier molecular flexibility index (Phi) is 4.03.